The molecule has 0 unspecified atom stereocenters. The molecule has 3 heteroatoms. The summed E-state index contributed by atoms with van der Waals surface area (Å²) in [6.07, 6.45) is 5.78. The van der Waals surface area contributed by atoms with Gasteiger partial charge in [-0.05, 0) is 52.8 Å². The quantitative estimate of drug-likeness (QED) is 0.315. The molecule has 168 valence electrons. The highest BCUT2D eigenvalue weighted by molar-refractivity contribution is 5.79. The average Bonchev–Trinajstić information content (AvgIpc) is 3.18. The van der Waals surface area contributed by atoms with Gasteiger partial charge in [0.2, 0.25) is 0 Å². The maximum Gasteiger partial charge on any atom is 0.407 e. The van der Waals surface area contributed by atoms with Gasteiger partial charge in [-0.15, -0.1) is 0 Å². The lowest BCUT2D eigenvalue weighted by molar-refractivity contribution is 0.144. The lowest BCUT2D eigenvalue weighted by atomic mass is 9.98. The van der Waals surface area contributed by atoms with Crippen molar-refractivity contribution in [1.82, 2.24) is 5.32 Å². The number of benzene rings is 3. The van der Waals surface area contributed by atoms with Gasteiger partial charge >= 0.3 is 6.09 Å². The maximum atomic E-state index is 12.2. The van der Waals surface area contributed by atoms with Crippen LogP contribution < -0.4 is 5.32 Å². The van der Waals surface area contributed by atoms with Crippen LogP contribution in [-0.2, 0) is 11.2 Å². The van der Waals surface area contributed by atoms with Gasteiger partial charge in [-0.2, -0.15) is 0 Å². The zero-order valence-electron chi connectivity index (χ0n) is 19.3. The SMILES string of the molecule is CCCCCCc1ccc(C#CCNC(=O)OCC2c3ccccc3-c3ccccc32)cc1. The Morgan fingerprint density at radius 2 is 1.55 bits per heavy atom. The Balaban J connectivity index is 1.24. The number of nitrogens with one attached hydrogen (secondary N) is 1. The van der Waals surface area contributed by atoms with Gasteiger partial charge in [0.1, 0.15) is 6.61 Å². The number of unbranched alkanes of at least 4 members (excludes halogenated alkanes) is 3. The molecule has 33 heavy (non-hydrogen) atoms. The number of amides is 1. The fraction of sp³-hybridized carbons (Fsp3) is 0.300. The van der Waals surface area contributed by atoms with Crippen LogP contribution in [0.4, 0.5) is 4.79 Å². The second-order valence-electron chi connectivity index (χ2n) is 8.49. The van der Waals surface area contributed by atoms with Gasteiger partial charge in [-0.25, -0.2) is 4.79 Å². The number of hydrogen-bond acceptors (Lipinski definition) is 2. The van der Waals surface area contributed by atoms with Crippen LogP contribution in [0.15, 0.2) is 72.8 Å². The summed E-state index contributed by atoms with van der Waals surface area (Å²) in [5.74, 6) is 6.18. The summed E-state index contributed by atoms with van der Waals surface area (Å²) in [5.41, 5.74) is 7.18. The Kier molecular flexibility index (Phi) is 7.82. The predicted molar refractivity (Wildman–Crippen MR) is 134 cm³/mol. The number of carbonyl (C=O) groups excluding carboxylic acids is 1. The third-order valence-electron chi connectivity index (χ3n) is 6.17. The molecule has 0 radical (unpaired) electrons. The monoisotopic (exact) mass is 437 g/mol. The number of hydrogen-bond donors (Lipinski definition) is 1. The van der Waals surface area contributed by atoms with E-state index in [9.17, 15) is 4.79 Å². The van der Waals surface area contributed by atoms with E-state index < -0.39 is 6.09 Å². The van der Waals surface area contributed by atoms with Crippen molar-refractivity contribution < 1.29 is 9.53 Å². The van der Waals surface area contributed by atoms with Crippen molar-refractivity contribution in [2.45, 2.75) is 44.9 Å². The second-order valence-corrected chi connectivity index (χ2v) is 8.49. The molecular weight excluding hydrogens is 406 g/mol. The molecule has 0 fully saturated rings. The number of carbonyl (C=O) groups is 1. The summed E-state index contributed by atoms with van der Waals surface area (Å²) in [7, 11) is 0. The lowest BCUT2D eigenvalue weighted by Gasteiger charge is -2.14. The van der Waals surface area contributed by atoms with Crippen LogP contribution in [0, 0.1) is 11.8 Å². The minimum Gasteiger partial charge on any atom is -0.449 e. The molecular formula is C30H31NO2. The summed E-state index contributed by atoms with van der Waals surface area (Å²) in [6.45, 7) is 2.80. The number of alkyl carbamates (subject to hydrolysis) is 1. The van der Waals surface area contributed by atoms with Crippen LogP contribution >= 0.6 is 0 Å². The molecule has 1 aliphatic rings. The fourth-order valence-corrected chi connectivity index (χ4v) is 4.42. The van der Waals surface area contributed by atoms with E-state index in [0.717, 1.165) is 12.0 Å². The number of aryl methyl sites for hydroxylation is 1. The summed E-state index contributed by atoms with van der Waals surface area (Å²) >= 11 is 0. The molecule has 1 amide bonds. The molecule has 0 heterocycles. The molecule has 3 nitrogen and oxygen atoms in total. The topological polar surface area (TPSA) is 38.3 Å². The number of ether oxygens (including phenoxy) is 1. The van der Waals surface area contributed by atoms with Crippen LogP contribution in [0.25, 0.3) is 11.1 Å². The molecule has 0 aromatic heterocycles. The molecule has 3 aromatic carbocycles. The Hall–Kier alpha value is -3.51. The smallest absolute Gasteiger partial charge is 0.407 e. The van der Waals surface area contributed by atoms with E-state index in [0.29, 0.717) is 6.61 Å². The Bertz CT molecular complexity index is 1090. The van der Waals surface area contributed by atoms with Gasteiger partial charge in [0.05, 0.1) is 6.54 Å². The molecule has 1 aliphatic carbocycles. The van der Waals surface area contributed by atoms with Gasteiger partial charge in [-0.3, -0.25) is 0 Å². The highest BCUT2D eigenvalue weighted by atomic mass is 16.5. The van der Waals surface area contributed by atoms with E-state index in [1.54, 1.807) is 0 Å². The number of fused-ring (bicyclic) bond motifs is 3. The molecule has 4 rings (SSSR count). The van der Waals surface area contributed by atoms with Crippen molar-refractivity contribution in [2.24, 2.45) is 0 Å². The van der Waals surface area contributed by atoms with E-state index in [1.807, 2.05) is 24.3 Å². The molecule has 3 aromatic rings. The van der Waals surface area contributed by atoms with Crippen molar-refractivity contribution in [3.8, 4) is 23.0 Å². The standard InChI is InChI=1S/C30H31NO2/c1-2-3-4-5-11-23-17-19-24(20-18-23)12-10-21-31-30(32)33-22-29-27-15-8-6-13-25(27)26-14-7-9-16-28(26)29/h6-9,13-20,29H,2-5,11,21-22H2,1H3,(H,31,32). The fourth-order valence-electron chi connectivity index (χ4n) is 4.42. The largest absolute Gasteiger partial charge is 0.449 e. The first-order valence-corrected chi connectivity index (χ1v) is 11.9. The van der Waals surface area contributed by atoms with E-state index >= 15 is 0 Å². The molecule has 0 atom stereocenters. The van der Waals surface area contributed by atoms with E-state index in [-0.39, 0.29) is 12.5 Å². The summed E-state index contributed by atoms with van der Waals surface area (Å²) in [4.78, 5) is 12.2. The molecule has 0 saturated heterocycles. The van der Waals surface area contributed by atoms with Gasteiger partial charge in [0.15, 0.2) is 0 Å². The first-order valence-electron chi connectivity index (χ1n) is 11.9. The van der Waals surface area contributed by atoms with Crippen LogP contribution in [0.3, 0.4) is 0 Å². The molecule has 1 N–H and O–H groups in total. The summed E-state index contributed by atoms with van der Waals surface area (Å²) < 4.78 is 5.54. The molecule has 0 saturated carbocycles. The second kappa shape index (κ2) is 11.4. The van der Waals surface area contributed by atoms with Crippen LogP contribution in [0.5, 0.6) is 0 Å². The lowest BCUT2D eigenvalue weighted by Crippen LogP contribution is -2.26. The minimum absolute atomic E-state index is 0.0646. The third-order valence-corrected chi connectivity index (χ3v) is 6.17. The van der Waals surface area contributed by atoms with Gasteiger partial charge in [0.25, 0.3) is 0 Å². The zero-order chi connectivity index (χ0) is 22.9. The normalized spacial score (nSPS) is 11.8. The average molecular weight is 438 g/mol. The van der Waals surface area contributed by atoms with Crippen molar-refractivity contribution in [2.75, 3.05) is 13.2 Å². The first kappa shape index (κ1) is 22.7. The van der Waals surface area contributed by atoms with Gasteiger partial charge < -0.3 is 10.1 Å². The Labute approximate surface area is 197 Å². The molecule has 0 bridgehead atoms. The third kappa shape index (κ3) is 5.84. The van der Waals surface area contributed by atoms with E-state index in [2.05, 4.69) is 72.6 Å². The van der Waals surface area contributed by atoms with E-state index in [4.69, 9.17) is 4.74 Å². The first-order chi connectivity index (χ1) is 16.3. The van der Waals surface area contributed by atoms with Gasteiger partial charge in [0, 0.05) is 11.5 Å². The van der Waals surface area contributed by atoms with Crippen molar-refractivity contribution in [3.05, 3.63) is 95.1 Å². The Morgan fingerprint density at radius 3 is 2.21 bits per heavy atom. The Morgan fingerprint density at radius 1 is 0.879 bits per heavy atom. The summed E-state index contributed by atoms with van der Waals surface area (Å²) in [5, 5.41) is 2.74. The van der Waals surface area contributed by atoms with E-state index in [1.165, 1.54) is 53.5 Å². The van der Waals surface area contributed by atoms with Crippen molar-refractivity contribution in [1.29, 1.82) is 0 Å². The zero-order valence-corrected chi connectivity index (χ0v) is 19.3. The van der Waals surface area contributed by atoms with Crippen LogP contribution in [0.1, 0.15) is 60.8 Å². The van der Waals surface area contributed by atoms with Crippen molar-refractivity contribution in [3.63, 3.8) is 0 Å². The number of rotatable bonds is 8. The van der Waals surface area contributed by atoms with Crippen LogP contribution in [0.2, 0.25) is 0 Å². The van der Waals surface area contributed by atoms with Crippen molar-refractivity contribution >= 4 is 6.09 Å². The highest BCUT2D eigenvalue weighted by Crippen LogP contribution is 2.44. The summed E-state index contributed by atoms with van der Waals surface area (Å²) in [6, 6.07) is 25.0. The van der Waals surface area contributed by atoms with Crippen LogP contribution in [-0.4, -0.2) is 19.2 Å². The predicted octanol–water partition coefficient (Wildman–Crippen LogP) is 6.70. The molecule has 0 aliphatic heterocycles. The highest BCUT2D eigenvalue weighted by Gasteiger charge is 2.28. The minimum atomic E-state index is -0.436. The molecule has 0 spiro atoms. The maximum absolute atomic E-state index is 12.2. The van der Waals surface area contributed by atoms with Gasteiger partial charge in [-0.1, -0.05) is 98.7 Å².